The fourth-order valence-corrected chi connectivity index (χ4v) is 4.61. The minimum atomic E-state index is -0.906. The lowest BCUT2D eigenvalue weighted by atomic mass is 10.1. The Morgan fingerprint density at radius 1 is 0.872 bits per heavy atom. The second kappa shape index (κ2) is 12.4. The SMILES string of the molecule is COc1ccc(CCNC(=O)C(=O)Nn2c(C(=O)Nc3ccc(Br)c(C)c3)cc3cc(Br)ccc32)cc1OC. The van der Waals surface area contributed by atoms with Crippen molar-refractivity contribution < 1.29 is 23.9 Å². The molecule has 3 amide bonds. The Balaban J connectivity index is 1.48. The second-order valence-electron chi connectivity index (χ2n) is 8.62. The van der Waals surface area contributed by atoms with Crippen molar-refractivity contribution in [2.24, 2.45) is 0 Å². The molecule has 0 bridgehead atoms. The minimum Gasteiger partial charge on any atom is -0.493 e. The number of hydrogen-bond donors (Lipinski definition) is 3. The Bertz CT molecular complexity index is 1570. The number of hydrogen-bond acceptors (Lipinski definition) is 5. The maximum absolute atomic E-state index is 13.2. The van der Waals surface area contributed by atoms with Gasteiger partial charge in [-0.05, 0) is 79.1 Å². The molecule has 39 heavy (non-hydrogen) atoms. The summed E-state index contributed by atoms with van der Waals surface area (Å²) in [5.74, 6) is -1.00. The molecular formula is C28H26Br2N4O5. The van der Waals surface area contributed by atoms with Crippen molar-refractivity contribution >= 4 is 66.2 Å². The molecular weight excluding hydrogens is 632 g/mol. The lowest BCUT2D eigenvalue weighted by Crippen LogP contribution is -2.40. The number of ether oxygens (including phenoxy) is 2. The number of carbonyl (C=O) groups is 3. The lowest BCUT2D eigenvalue weighted by Gasteiger charge is -2.13. The van der Waals surface area contributed by atoms with Crippen LogP contribution in [-0.4, -0.2) is 43.2 Å². The van der Waals surface area contributed by atoms with Crippen molar-refractivity contribution in [3.63, 3.8) is 0 Å². The van der Waals surface area contributed by atoms with E-state index in [-0.39, 0.29) is 12.2 Å². The molecule has 3 aromatic carbocycles. The highest BCUT2D eigenvalue weighted by Crippen LogP contribution is 2.28. The average Bonchev–Trinajstić information content (AvgIpc) is 3.27. The number of carbonyl (C=O) groups excluding carboxylic acids is 3. The van der Waals surface area contributed by atoms with Gasteiger partial charge in [0.05, 0.1) is 19.7 Å². The number of nitrogens with one attached hydrogen (secondary N) is 3. The van der Waals surface area contributed by atoms with E-state index in [2.05, 4.69) is 47.9 Å². The van der Waals surface area contributed by atoms with Gasteiger partial charge in [0, 0.05) is 26.6 Å². The number of halogens is 2. The third kappa shape index (κ3) is 6.61. The number of rotatable bonds is 8. The van der Waals surface area contributed by atoms with Gasteiger partial charge in [0.25, 0.3) is 5.91 Å². The summed E-state index contributed by atoms with van der Waals surface area (Å²) < 4.78 is 13.6. The van der Waals surface area contributed by atoms with Crippen LogP contribution in [0.5, 0.6) is 11.5 Å². The van der Waals surface area contributed by atoms with Gasteiger partial charge < -0.3 is 20.1 Å². The summed E-state index contributed by atoms with van der Waals surface area (Å²) in [6.45, 7) is 2.13. The predicted molar refractivity (Wildman–Crippen MR) is 157 cm³/mol. The van der Waals surface area contributed by atoms with Gasteiger partial charge in [0.2, 0.25) is 0 Å². The molecule has 3 N–H and O–H groups in total. The highest BCUT2D eigenvalue weighted by molar-refractivity contribution is 9.10. The van der Waals surface area contributed by atoms with E-state index < -0.39 is 17.7 Å². The van der Waals surface area contributed by atoms with Crippen LogP contribution in [0.25, 0.3) is 10.9 Å². The van der Waals surface area contributed by atoms with E-state index in [1.165, 1.54) is 4.68 Å². The third-order valence-electron chi connectivity index (χ3n) is 5.98. The fraction of sp³-hybridized carbons (Fsp3) is 0.179. The second-order valence-corrected chi connectivity index (χ2v) is 10.4. The largest absolute Gasteiger partial charge is 0.493 e. The van der Waals surface area contributed by atoms with E-state index in [9.17, 15) is 14.4 Å². The maximum Gasteiger partial charge on any atom is 0.328 e. The van der Waals surface area contributed by atoms with Gasteiger partial charge >= 0.3 is 11.8 Å². The number of anilines is 1. The average molecular weight is 658 g/mol. The van der Waals surface area contributed by atoms with Gasteiger partial charge in [-0.2, -0.15) is 0 Å². The molecule has 0 unspecified atom stereocenters. The van der Waals surface area contributed by atoms with Crippen molar-refractivity contribution in [1.29, 1.82) is 0 Å². The fourth-order valence-electron chi connectivity index (χ4n) is 3.98. The van der Waals surface area contributed by atoms with Gasteiger partial charge in [-0.3, -0.25) is 19.8 Å². The number of nitrogens with zero attached hydrogens (tertiary/aromatic N) is 1. The predicted octanol–water partition coefficient (Wildman–Crippen LogP) is 5.17. The van der Waals surface area contributed by atoms with Crippen LogP contribution in [0.15, 0.2) is 69.6 Å². The Hall–Kier alpha value is -3.83. The van der Waals surface area contributed by atoms with Gasteiger partial charge in [-0.1, -0.05) is 37.9 Å². The molecule has 0 fully saturated rings. The minimum absolute atomic E-state index is 0.162. The molecule has 0 atom stereocenters. The number of amides is 3. The summed E-state index contributed by atoms with van der Waals surface area (Å²) in [5, 5.41) is 6.17. The first-order valence-electron chi connectivity index (χ1n) is 11.9. The van der Waals surface area contributed by atoms with Crippen LogP contribution >= 0.6 is 31.9 Å². The van der Waals surface area contributed by atoms with E-state index in [0.717, 1.165) is 20.1 Å². The zero-order chi connectivity index (χ0) is 28.1. The summed E-state index contributed by atoms with van der Waals surface area (Å²) in [7, 11) is 3.10. The standard InChI is InChI=1S/C28H26Br2N4O5/c1-16-12-20(6-7-21(16)30)32-26(35)23-15-18-14-19(29)5-8-22(18)34(23)33-28(37)27(36)31-11-10-17-4-9-24(38-2)25(13-17)39-3/h4-9,12-15H,10-11H2,1-3H3,(H,31,36)(H,32,35)(H,33,37). The first-order valence-corrected chi connectivity index (χ1v) is 13.5. The van der Waals surface area contributed by atoms with Gasteiger partial charge in [0.15, 0.2) is 11.5 Å². The van der Waals surface area contributed by atoms with E-state index in [1.807, 2.05) is 37.3 Å². The topological polar surface area (TPSA) is 111 Å². The van der Waals surface area contributed by atoms with E-state index in [1.54, 1.807) is 44.6 Å². The van der Waals surface area contributed by atoms with Crippen molar-refractivity contribution in [2.75, 3.05) is 31.5 Å². The molecule has 202 valence electrons. The van der Waals surface area contributed by atoms with Crippen LogP contribution in [0.1, 0.15) is 21.6 Å². The molecule has 0 saturated carbocycles. The highest BCUT2D eigenvalue weighted by atomic mass is 79.9. The summed E-state index contributed by atoms with van der Waals surface area (Å²) in [4.78, 5) is 38.7. The number of methoxy groups -OCH3 is 2. The van der Waals surface area contributed by atoms with Gasteiger partial charge in [-0.15, -0.1) is 0 Å². The van der Waals surface area contributed by atoms with E-state index >= 15 is 0 Å². The molecule has 0 aliphatic heterocycles. The molecule has 0 radical (unpaired) electrons. The molecule has 0 aliphatic rings. The highest BCUT2D eigenvalue weighted by Gasteiger charge is 2.21. The van der Waals surface area contributed by atoms with Crippen LogP contribution < -0.4 is 25.5 Å². The maximum atomic E-state index is 13.2. The molecule has 0 saturated heterocycles. The summed E-state index contributed by atoms with van der Waals surface area (Å²) in [5.41, 5.74) is 5.74. The molecule has 11 heteroatoms. The molecule has 9 nitrogen and oxygen atoms in total. The van der Waals surface area contributed by atoms with Gasteiger partial charge in [-0.25, -0.2) is 4.68 Å². The van der Waals surface area contributed by atoms with Crippen molar-refractivity contribution in [3.05, 3.63) is 86.4 Å². The van der Waals surface area contributed by atoms with Crippen molar-refractivity contribution in [2.45, 2.75) is 13.3 Å². The smallest absolute Gasteiger partial charge is 0.328 e. The first kappa shape index (κ1) is 28.2. The van der Waals surface area contributed by atoms with E-state index in [0.29, 0.717) is 34.5 Å². The molecule has 1 aromatic heterocycles. The third-order valence-corrected chi connectivity index (χ3v) is 7.36. The molecule has 1 heterocycles. The monoisotopic (exact) mass is 656 g/mol. The van der Waals surface area contributed by atoms with Crippen LogP contribution in [0.3, 0.4) is 0 Å². The molecule has 4 rings (SSSR count). The zero-order valence-corrected chi connectivity index (χ0v) is 24.6. The summed E-state index contributed by atoms with van der Waals surface area (Å²) in [6.07, 6.45) is 0.472. The molecule has 4 aromatic rings. The summed E-state index contributed by atoms with van der Waals surface area (Å²) >= 11 is 6.88. The van der Waals surface area contributed by atoms with Gasteiger partial charge in [0.1, 0.15) is 5.69 Å². The Labute approximate surface area is 242 Å². The zero-order valence-electron chi connectivity index (χ0n) is 21.4. The molecule has 0 spiro atoms. The van der Waals surface area contributed by atoms with Crippen molar-refractivity contribution in [1.82, 2.24) is 9.99 Å². The lowest BCUT2D eigenvalue weighted by molar-refractivity contribution is -0.136. The Kier molecular flexibility index (Phi) is 8.93. The number of aromatic nitrogens is 1. The number of benzene rings is 3. The quantitative estimate of drug-likeness (QED) is 0.227. The first-order chi connectivity index (χ1) is 18.7. The molecule has 0 aliphatic carbocycles. The normalized spacial score (nSPS) is 10.7. The summed E-state index contributed by atoms with van der Waals surface area (Å²) in [6, 6.07) is 17.9. The van der Waals surface area contributed by atoms with Crippen molar-refractivity contribution in [3.8, 4) is 11.5 Å². The van der Waals surface area contributed by atoms with Crippen LogP contribution in [0.2, 0.25) is 0 Å². The van der Waals surface area contributed by atoms with Crippen LogP contribution in [0.4, 0.5) is 5.69 Å². The number of aryl methyl sites for hydroxylation is 1. The van der Waals surface area contributed by atoms with Crippen LogP contribution in [0, 0.1) is 6.92 Å². The van der Waals surface area contributed by atoms with Crippen LogP contribution in [-0.2, 0) is 16.0 Å². The Morgan fingerprint density at radius 2 is 1.64 bits per heavy atom. The van der Waals surface area contributed by atoms with E-state index in [4.69, 9.17) is 9.47 Å². The Morgan fingerprint density at radius 3 is 2.36 bits per heavy atom. The number of fused-ring (bicyclic) bond motifs is 1.